The van der Waals surface area contributed by atoms with Gasteiger partial charge in [-0.05, 0) is 25.5 Å². The molecule has 0 aliphatic carbocycles. The SMILES string of the molecule is CCP(CC)(CC)=N[Si](C)(F)F. The largest absolute Gasteiger partial charge is 0.550 e. The molecule has 0 N–H and O–H groups in total. The van der Waals surface area contributed by atoms with Crippen LogP contribution in [0.1, 0.15) is 20.8 Å². The maximum Gasteiger partial charge on any atom is 0.550 e. The van der Waals surface area contributed by atoms with Crippen molar-refractivity contribution in [3.8, 4) is 0 Å². The van der Waals surface area contributed by atoms with Crippen molar-refractivity contribution in [2.45, 2.75) is 27.3 Å². The highest BCUT2D eigenvalue weighted by molar-refractivity contribution is 7.67. The van der Waals surface area contributed by atoms with Gasteiger partial charge in [0.15, 0.2) is 0 Å². The molecule has 1 nitrogen and oxygen atoms in total. The van der Waals surface area contributed by atoms with Gasteiger partial charge >= 0.3 is 8.90 Å². The lowest BCUT2D eigenvalue weighted by atomic mass is 10.9. The predicted molar refractivity (Wildman–Crippen MR) is 54.8 cm³/mol. The molecule has 0 aromatic heterocycles. The van der Waals surface area contributed by atoms with Crippen LogP contribution in [0.2, 0.25) is 6.55 Å². The third kappa shape index (κ3) is 3.81. The van der Waals surface area contributed by atoms with Crippen molar-refractivity contribution < 1.29 is 8.22 Å². The molecule has 0 aliphatic rings. The average Bonchev–Trinajstić information content (AvgIpc) is 1.99. The van der Waals surface area contributed by atoms with Gasteiger partial charge in [0.1, 0.15) is 0 Å². The summed E-state index contributed by atoms with van der Waals surface area (Å²) >= 11 is 0. The van der Waals surface area contributed by atoms with Gasteiger partial charge in [-0.15, -0.1) is 0 Å². The molecule has 0 aliphatic heterocycles. The van der Waals surface area contributed by atoms with Gasteiger partial charge in [0, 0.05) is 6.55 Å². The van der Waals surface area contributed by atoms with E-state index >= 15 is 0 Å². The van der Waals surface area contributed by atoms with Gasteiger partial charge in [0.2, 0.25) is 0 Å². The Labute approximate surface area is 75.1 Å². The lowest BCUT2D eigenvalue weighted by molar-refractivity contribution is 0.618. The second kappa shape index (κ2) is 4.52. The first-order valence-corrected chi connectivity index (χ1v) is 8.87. The van der Waals surface area contributed by atoms with Crippen molar-refractivity contribution in [3.05, 3.63) is 0 Å². The molecule has 0 unspecified atom stereocenters. The van der Waals surface area contributed by atoms with Crippen molar-refractivity contribution in [1.29, 1.82) is 0 Å². The first kappa shape index (κ1) is 12.3. The molecule has 0 aromatic rings. The van der Waals surface area contributed by atoms with Gasteiger partial charge in [-0.3, -0.25) is 4.41 Å². The summed E-state index contributed by atoms with van der Waals surface area (Å²) in [5, 5.41) is 0. The van der Waals surface area contributed by atoms with E-state index in [1.807, 2.05) is 20.8 Å². The van der Waals surface area contributed by atoms with Crippen molar-refractivity contribution in [2.24, 2.45) is 4.41 Å². The molecular formula is C7H18F2NPSi. The summed E-state index contributed by atoms with van der Waals surface area (Å²) in [5.74, 6) is 0. The van der Waals surface area contributed by atoms with Gasteiger partial charge in [-0.1, -0.05) is 20.8 Å². The fourth-order valence-electron chi connectivity index (χ4n) is 1.26. The Hall–Kier alpha value is 0.307. The summed E-state index contributed by atoms with van der Waals surface area (Å²) in [6.45, 7) is 6.95. The minimum atomic E-state index is -4.18. The summed E-state index contributed by atoms with van der Waals surface area (Å²) < 4.78 is 29.4. The molecule has 12 heavy (non-hydrogen) atoms. The lowest BCUT2D eigenvalue weighted by Gasteiger charge is -2.21. The Bertz CT molecular complexity index is 169. The molecule has 0 bridgehead atoms. The summed E-state index contributed by atoms with van der Waals surface area (Å²) in [6.07, 6.45) is 2.49. The maximum atomic E-state index is 12.8. The van der Waals surface area contributed by atoms with Crippen molar-refractivity contribution >= 4 is 16.0 Å². The zero-order valence-corrected chi connectivity index (χ0v) is 10.2. The van der Waals surface area contributed by atoms with Crippen LogP contribution in [0.15, 0.2) is 4.41 Å². The van der Waals surface area contributed by atoms with Gasteiger partial charge in [0.25, 0.3) is 0 Å². The Kier molecular flexibility index (Phi) is 4.63. The quantitative estimate of drug-likeness (QED) is 0.383. The molecule has 0 spiro atoms. The van der Waals surface area contributed by atoms with Crippen LogP contribution < -0.4 is 0 Å². The monoisotopic (exact) mass is 213 g/mol. The first-order valence-electron chi connectivity index (χ1n) is 4.37. The van der Waals surface area contributed by atoms with Crippen LogP contribution in [-0.4, -0.2) is 27.4 Å². The normalized spacial score (nSPS) is 13.2. The fourth-order valence-corrected chi connectivity index (χ4v) is 7.27. The molecule has 0 fully saturated rings. The smallest absolute Gasteiger partial charge is 0.278 e. The van der Waals surface area contributed by atoms with Crippen LogP contribution in [0.25, 0.3) is 0 Å². The topological polar surface area (TPSA) is 12.4 Å². The summed E-state index contributed by atoms with van der Waals surface area (Å²) in [4.78, 5) is 0. The molecule has 0 atom stereocenters. The van der Waals surface area contributed by atoms with Crippen LogP contribution in [0.5, 0.6) is 0 Å². The van der Waals surface area contributed by atoms with Crippen LogP contribution in [-0.2, 0) is 0 Å². The lowest BCUT2D eigenvalue weighted by Crippen LogP contribution is -2.14. The number of hydrogen-bond donors (Lipinski definition) is 0. The number of hydrogen-bond acceptors (Lipinski definition) is 1. The Morgan fingerprint density at radius 2 is 1.42 bits per heavy atom. The molecule has 74 valence electrons. The van der Waals surface area contributed by atoms with Crippen molar-refractivity contribution in [2.75, 3.05) is 18.5 Å². The van der Waals surface area contributed by atoms with E-state index in [1.165, 1.54) is 0 Å². The Morgan fingerprint density at radius 1 is 1.08 bits per heavy atom. The van der Waals surface area contributed by atoms with E-state index < -0.39 is 16.0 Å². The minimum Gasteiger partial charge on any atom is -0.278 e. The van der Waals surface area contributed by atoms with Crippen LogP contribution >= 0.6 is 7.05 Å². The van der Waals surface area contributed by atoms with E-state index in [1.54, 1.807) is 0 Å². The van der Waals surface area contributed by atoms with Crippen LogP contribution in [0, 0.1) is 0 Å². The van der Waals surface area contributed by atoms with Gasteiger partial charge < -0.3 is 0 Å². The zero-order valence-electron chi connectivity index (χ0n) is 8.27. The van der Waals surface area contributed by atoms with Gasteiger partial charge in [-0.25, -0.2) is 8.22 Å². The Morgan fingerprint density at radius 3 is 1.50 bits per heavy atom. The van der Waals surface area contributed by atoms with E-state index in [0.717, 1.165) is 25.0 Å². The number of halogens is 2. The molecule has 5 heteroatoms. The molecule has 0 rings (SSSR count). The van der Waals surface area contributed by atoms with E-state index in [0.29, 0.717) is 0 Å². The molecule has 0 aromatic carbocycles. The number of nitrogens with zero attached hydrogens (tertiary/aromatic N) is 1. The predicted octanol–water partition coefficient (Wildman–Crippen LogP) is 3.76. The van der Waals surface area contributed by atoms with E-state index in [2.05, 4.69) is 4.41 Å². The average molecular weight is 213 g/mol. The molecule has 0 saturated carbocycles. The van der Waals surface area contributed by atoms with Crippen molar-refractivity contribution in [1.82, 2.24) is 0 Å². The molecule has 0 radical (unpaired) electrons. The highest BCUT2D eigenvalue weighted by Crippen LogP contribution is 2.50. The molecule has 0 amide bonds. The van der Waals surface area contributed by atoms with Gasteiger partial charge in [-0.2, -0.15) is 0 Å². The highest BCUT2D eigenvalue weighted by atomic mass is 31.2. The van der Waals surface area contributed by atoms with Crippen LogP contribution in [0.3, 0.4) is 0 Å². The fraction of sp³-hybridized carbons (Fsp3) is 1.00. The molecule has 0 saturated heterocycles. The van der Waals surface area contributed by atoms with Gasteiger partial charge in [0.05, 0.1) is 0 Å². The second-order valence-electron chi connectivity index (χ2n) is 2.99. The second-order valence-corrected chi connectivity index (χ2v) is 9.56. The van der Waals surface area contributed by atoms with E-state index in [4.69, 9.17) is 0 Å². The third-order valence-electron chi connectivity index (χ3n) is 2.15. The third-order valence-corrected chi connectivity index (χ3v) is 8.79. The summed E-state index contributed by atoms with van der Waals surface area (Å²) in [7, 11) is -5.80. The van der Waals surface area contributed by atoms with E-state index in [9.17, 15) is 8.22 Å². The molecule has 0 heterocycles. The number of rotatable bonds is 4. The standard InChI is InChI=1S/C7H18F2NPSi/c1-5-11(6-2,7-3)10-12(4,8)9/h5-7H2,1-4H3. The minimum absolute atomic E-state index is 0.830. The zero-order chi connectivity index (χ0) is 9.83. The highest BCUT2D eigenvalue weighted by Gasteiger charge is 2.30. The summed E-state index contributed by atoms with van der Waals surface area (Å²) in [5.41, 5.74) is 0. The maximum absolute atomic E-state index is 12.8. The first-order chi connectivity index (χ1) is 5.39. The molecular weight excluding hydrogens is 195 g/mol. The summed E-state index contributed by atoms with van der Waals surface area (Å²) in [6, 6.07) is 0. The van der Waals surface area contributed by atoms with E-state index in [-0.39, 0.29) is 0 Å². The Balaban J connectivity index is 4.82. The van der Waals surface area contributed by atoms with Crippen LogP contribution in [0.4, 0.5) is 8.22 Å². The van der Waals surface area contributed by atoms with Crippen molar-refractivity contribution in [3.63, 3.8) is 0 Å².